The van der Waals surface area contributed by atoms with E-state index < -0.39 is 0 Å². The Hall–Kier alpha value is -0.950. The van der Waals surface area contributed by atoms with Crippen LogP contribution >= 0.6 is 11.8 Å². The van der Waals surface area contributed by atoms with Gasteiger partial charge in [-0.15, -0.1) is 18.2 Å². The lowest BCUT2D eigenvalue weighted by Crippen LogP contribution is -2.38. The molecule has 2 amide bonds. The van der Waals surface area contributed by atoms with Crippen LogP contribution in [0.4, 0.5) is 0 Å². The maximum Gasteiger partial charge on any atom is 0.242 e. The second-order valence-electron chi connectivity index (χ2n) is 6.41. The molecule has 4 heteroatoms. The second kappa shape index (κ2) is 6.87. The van der Waals surface area contributed by atoms with Crippen molar-refractivity contribution >= 4 is 23.6 Å². The molecule has 1 aliphatic carbocycles. The van der Waals surface area contributed by atoms with Gasteiger partial charge in [0.1, 0.15) is 0 Å². The van der Waals surface area contributed by atoms with Crippen molar-refractivity contribution in [2.45, 2.75) is 57.6 Å². The van der Waals surface area contributed by atoms with Gasteiger partial charge in [0.25, 0.3) is 0 Å². The lowest BCUT2D eigenvalue weighted by Gasteiger charge is -2.43. The fourth-order valence-electron chi connectivity index (χ4n) is 3.01. The van der Waals surface area contributed by atoms with Crippen molar-refractivity contribution in [3.8, 4) is 12.3 Å². The Morgan fingerprint density at radius 1 is 1.43 bits per heavy atom. The van der Waals surface area contributed by atoms with Crippen LogP contribution in [0.25, 0.3) is 0 Å². The highest BCUT2D eigenvalue weighted by Crippen LogP contribution is 2.48. The van der Waals surface area contributed by atoms with Crippen molar-refractivity contribution in [2.75, 3.05) is 12.3 Å². The Balaban J connectivity index is 1.81. The Kier molecular flexibility index (Phi) is 5.37. The summed E-state index contributed by atoms with van der Waals surface area (Å²) in [7, 11) is 0. The van der Waals surface area contributed by atoms with Crippen molar-refractivity contribution in [2.24, 2.45) is 11.3 Å². The fraction of sp³-hybridized carbons (Fsp3) is 0.765. The number of likely N-dealkylation sites (tertiary alicyclic amines) is 1. The van der Waals surface area contributed by atoms with Crippen molar-refractivity contribution in [3.05, 3.63) is 0 Å². The Labute approximate surface area is 132 Å². The number of unbranched alkanes of at least 4 members (excludes halogenated alkanes) is 2. The molecule has 2 fully saturated rings. The maximum atomic E-state index is 12.3. The quantitative estimate of drug-likeness (QED) is 0.412. The summed E-state index contributed by atoms with van der Waals surface area (Å²) in [4.78, 5) is 25.7. The molecule has 0 N–H and O–H groups in total. The third-order valence-electron chi connectivity index (χ3n) is 4.93. The average Bonchev–Trinajstić information content (AvgIpc) is 2.73. The van der Waals surface area contributed by atoms with E-state index in [1.165, 1.54) is 4.90 Å². The maximum absolute atomic E-state index is 12.3. The highest BCUT2D eigenvalue weighted by molar-refractivity contribution is 8.00. The van der Waals surface area contributed by atoms with Crippen LogP contribution in [0, 0.1) is 23.7 Å². The van der Waals surface area contributed by atoms with Crippen molar-refractivity contribution in [3.63, 3.8) is 0 Å². The molecule has 1 saturated heterocycles. The Morgan fingerprint density at radius 3 is 2.76 bits per heavy atom. The Bertz CT molecular complexity index is 456. The van der Waals surface area contributed by atoms with Crippen LogP contribution in [0.1, 0.15) is 52.4 Å². The molecule has 1 heterocycles. The first-order chi connectivity index (χ1) is 10.0. The normalized spacial score (nSPS) is 32.1. The predicted octanol–water partition coefficient (Wildman–Crippen LogP) is 3.09. The minimum absolute atomic E-state index is 0.000522. The molecule has 3 nitrogen and oxygen atoms in total. The molecule has 0 aromatic carbocycles. The summed E-state index contributed by atoms with van der Waals surface area (Å²) in [6, 6.07) is 0. The first-order valence-electron chi connectivity index (χ1n) is 7.95. The van der Waals surface area contributed by atoms with Gasteiger partial charge in [0.05, 0.1) is 5.25 Å². The number of carbonyl (C=O) groups excluding carboxylic acids is 2. The monoisotopic (exact) mass is 307 g/mol. The number of carbonyl (C=O) groups is 2. The molecule has 0 spiro atoms. The second-order valence-corrected chi connectivity index (χ2v) is 7.65. The lowest BCUT2D eigenvalue weighted by atomic mass is 9.63. The minimum Gasteiger partial charge on any atom is -0.282 e. The summed E-state index contributed by atoms with van der Waals surface area (Å²) in [6.07, 6.45) is 11.3. The number of nitrogens with zero attached hydrogens (tertiary/aromatic N) is 1. The van der Waals surface area contributed by atoms with E-state index in [1.54, 1.807) is 11.8 Å². The van der Waals surface area contributed by atoms with E-state index in [9.17, 15) is 9.59 Å². The largest absolute Gasteiger partial charge is 0.282 e. The zero-order valence-electron chi connectivity index (χ0n) is 13.1. The number of terminal acetylenes is 1. The molecule has 1 saturated carbocycles. The number of hydrogen-bond donors (Lipinski definition) is 0. The van der Waals surface area contributed by atoms with Gasteiger partial charge >= 0.3 is 0 Å². The first kappa shape index (κ1) is 16.4. The Morgan fingerprint density at radius 2 is 2.19 bits per heavy atom. The summed E-state index contributed by atoms with van der Waals surface area (Å²) >= 11 is 1.63. The lowest BCUT2D eigenvalue weighted by molar-refractivity contribution is -0.138. The van der Waals surface area contributed by atoms with E-state index in [1.807, 2.05) is 0 Å². The molecule has 3 unspecified atom stereocenters. The number of thioether (sulfide) groups is 1. The van der Waals surface area contributed by atoms with Gasteiger partial charge < -0.3 is 0 Å². The SMILES string of the molecule is C#CC1(C)CCC1CSC1CC(=O)N(CCCCC)C1=O. The van der Waals surface area contributed by atoms with Crippen LogP contribution in [0.3, 0.4) is 0 Å². The van der Waals surface area contributed by atoms with Crippen LogP contribution in [-0.4, -0.2) is 34.3 Å². The summed E-state index contributed by atoms with van der Waals surface area (Å²) in [5.41, 5.74) is -0.000522. The van der Waals surface area contributed by atoms with Gasteiger partial charge in [-0.05, 0) is 37.9 Å². The highest BCUT2D eigenvalue weighted by Gasteiger charge is 2.43. The van der Waals surface area contributed by atoms with E-state index in [-0.39, 0.29) is 22.5 Å². The molecule has 2 rings (SSSR count). The molecule has 0 aromatic heterocycles. The fourth-order valence-corrected chi connectivity index (χ4v) is 4.54. The van der Waals surface area contributed by atoms with E-state index in [0.717, 1.165) is 37.9 Å². The molecule has 0 bridgehead atoms. The third kappa shape index (κ3) is 3.45. The molecular weight excluding hydrogens is 282 g/mol. The average molecular weight is 307 g/mol. The van der Waals surface area contributed by atoms with Gasteiger partial charge in [-0.2, -0.15) is 0 Å². The number of imide groups is 1. The van der Waals surface area contributed by atoms with E-state index >= 15 is 0 Å². The summed E-state index contributed by atoms with van der Waals surface area (Å²) < 4.78 is 0. The van der Waals surface area contributed by atoms with Gasteiger partial charge in [0, 0.05) is 18.4 Å². The summed E-state index contributed by atoms with van der Waals surface area (Å²) in [5.74, 6) is 4.30. The zero-order chi connectivity index (χ0) is 15.5. The standard InChI is InChI=1S/C17H25NO2S/c1-4-6-7-10-18-15(19)11-14(16(18)20)21-12-13-8-9-17(13,3)5-2/h2,13-14H,4,6-12H2,1,3H3. The molecular formula is C17H25NO2S. The molecule has 21 heavy (non-hydrogen) atoms. The first-order valence-corrected chi connectivity index (χ1v) is 9.00. The minimum atomic E-state index is -0.179. The van der Waals surface area contributed by atoms with Gasteiger partial charge in [0.2, 0.25) is 11.8 Å². The van der Waals surface area contributed by atoms with Gasteiger partial charge in [-0.25, -0.2) is 0 Å². The molecule has 0 radical (unpaired) electrons. The van der Waals surface area contributed by atoms with Crippen LogP contribution in [0.5, 0.6) is 0 Å². The predicted molar refractivity (Wildman–Crippen MR) is 86.8 cm³/mol. The number of hydrogen-bond acceptors (Lipinski definition) is 3. The molecule has 2 aliphatic rings. The zero-order valence-corrected chi connectivity index (χ0v) is 13.9. The smallest absolute Gasteiger partial charge is 0.242 e. The van der Waals surface area contributed by atoms with E-state index in [2.05, 4.69) is 19.8 Å². The molecule has 0 aromatic rings. The number of rotatable bonds is 7. The van der Waals surface area contributed by atoms with Crippen LogP contribution < -0.4 is 0 Å². The summed E-state index contributed by atoms with van der Waals surface area (Å²) in [5, 5.41) is -0.179. The summed E-state index contributed by atoms with van der Waals surface area (Å²) in [6.45, 7) is 4.84. The highest BCUT2D eigenvalue weighted by atomic mass is 32.2. The molecule has 116 valence electrons. The van der Waals surface area contributed by atoms with Crippen LogP contribution in [0.2, 0.25) is 0 Å². The topological polar surface area (TPSA) is 37.4 Å². The van der Waals surface area contributed by atoms with Gasteiger partial charge in [0.15, 0.2) is 0 Å². The van der Waals surface area contributed by atoms with Gasteiger partial charge in [-0.3, -0.25) is 14.5 Å². The van der Waals surface area contributed by atoms with Crippen molar-refractivity contribution in [1.82, 2.24) is 4.90 Å². The number of amides is 2. The van der Waals surface area contributed by atoms with Crippen molar-refractivity contribution < 1.29 is 9.59 Å². The van der Waals surface area contributed by atoms with Gasteiger partial charge in [-0.1, -0.05) is 25.7 Å². The van der Waals surface area contributed by atoms with Crippen molar-refractivity contribution in [1.29, 1.82) is 0 Å². The van der Waals surface area contributed by atoms with Crippen LogP contribution in [0.15, 0.2) is 0 Å². The molecule has 1 aliphatic heterocycles. The van der Waals surface area contributed by atoms with E-state index in [0.29, 0.717) is 18.9 Å². The third-order valence-corrected chi connectivity index (χ3v) is 6.29. The van der Waals surface area contributed by atoms with Crippen LogP contribution in [-0.2, 0) is 9.59 Å². The van der Waals surface area contributed by atoms with E-state index in [4.69, 9.17) is 6.42 Å². The molecule has 3 atom stereocenters.